The fourth-order valence-electron chi connectivity index (χ4n) is 1.34. The molecule has 0 fully saturated rings. The first-order chi connectivity index (χ1) is 11.7. The van der Waals surface area contributed by atoms with Gasteiger partial charge < -0.3 is 9.84 Å². The highest BCUT2D eigenvalue weighted by Gasteiger charge is 2.30. The van der Waals surface area contributed by atoms with Crippen molar-refractivity contribution in [2.45, 2.75) is 26.9 Å². The number of ether oxygens (including phenoxy) is 1. The minimum absolute atomic E-state index is 0.323. The summed E-state index contributed by atoms with van der Waals surface area (Å²) < 4.78 is 31.3. The Balaban J connectivity index is -0.000000141. The molecule has 1 atom stereocenters. The van der Waals surface area contributed by atoms with Gasteiger partial charge in [0, 0.05) is 30.2 Å². The molecule has 0 aliphatic rings. The zero-order valence-corrected chi connectivity index (χ0v) is 19.7. The van der Waals surface area contributed by atoms with E-state index in [-0.39, 0.29) is 0 Å². The molecule has 1 N–H and O–H groups in total. The van der Waals surface area contributed by atoms with Crippen molar-refractivity contribution in [3.8, 4) is 6.07 Å². The summed E-state index contributed by atoms with van der Waals surface area (Å²) in [6.07, 6.45) is 2.29. The number of carbonyl (C=O) groups excluding carboxylic acids is 1. The maximum absolute atomic E-state index is 12.1. The Hall–Kier alpha value is -0.820. The smallest absolute Gasteiger partial charge is 0.334 e. The second kappa shape index (κ2) is 19.0. The van der Waals surface area contributed by atoms with E-state index in [0.717, 1.165) is 0 Å². The van der Waals surface area contributed by atoms with Gasteiger partial charge in [0.2, 0.25) is 0 Å². The number of esters is 1. The van der Waals surface area contributed by atoms with Crippen molar-refractivity contribution >= 4 is 24.4 Å². The molecule has 0 bridgehead atoms. The molecule has 0 aliphatic heterocycles. The van der Waals surface area contributed by atoms with Crippen molar-refractivity contribution in [1.29, 1.82) is 5.26 Å². The Morgan fingerprint density at radius 3 is 1.42 bits per heavy atom. The standard InChI is InChI=1S/C6H18N3OP.C5H10O3.C2H3N.C2H6OS/c1-7(2)11(10,8(3)4)9(5)6;1-3-8-5(7)4(2)6;1-2-3;1-4(2)3/h1-6H3;4,6H,3H2,1-2H3;1H3;1-2H3. The van der Waals surface area contributed by atoms with Crippen LogP contribution in [-0.4, -0.2) is 96.8 Å². The van der Waals surface area contributed by atoms with E-state index in [1.807, 2.05) is 42.3 Å². The van der Waals surface area contributed by atoms with Crippen molar-refractivity contribution < 1.29 is 23.4 Å². The molecule has 11 heteroatoms. The van der Waals surface area contributed by atoms with E-state index in [0.29, 0.717) is 6.61 Å². The fourth-order valence-corrected chi connectivity index (χ4v) is 3.48. The zero-order valence-electron chi connectivity index (χ0n) is 18.0. The molecule has 0 radical (unpaired) electrons. The quantitative estimate of drug-likeness (QED) is 0.522. The van der Waals surface area contributed by atoms with Gasteiger partial charge in [0.25, 0.3) is 7.59 Å². The minimum Gasteiger partial charge on any atom is -0.464 e. The van der Waals surface area contributed by atoms with Crippen LogP contribution in [0.4, 0.5) is 0 Å². The van der Waals surface area contributed by atoms with Gasteiger partial charge in [-0.1, -0.05) is 0 Å². The molecule has 1 unspecified atom stereocenters. The van der Waals surface area contributed by atoms with Crippen molar-refractivity contribution in [2.24, 2.45) is 0 Å². The highest BCUT2D eigenvalue weighted by Crippen LogP contribution is 2.50. The lowest BCUT2D eigenvalue weighted by Crippen LogP contribution is -2.30. The molecule has 0 heterocycles. The molecule has 0 aliphatic carbocycles. The largest absolute Gasteiger partial charge is 0.464 e. The average molecular weight is 417 g/mol. The van der Waals surface area contributed by atoms with Crippen molar-refractivity contribution in [2.75, 3.05) is 61.4 Å². The molecule has 0 aromatic heterocycles. The van der Waals surface area contributed by atoms with Gasteiger partial charge >= 0.3 is 5.97 Å². The molecule has 0 rings (SSSR count). The molecular formula is C15H37N4O5PS. The minimum atomic E-state index is -2.44. The Kier molecular flexibility index (Phi) is 23.9. The number of rotatable bonds is 5. The summed E-state index contributed by atoms with van der Waals surface area (Å²) in [5.74, 6) is -0.562. The first-order valence-electron chi connectivity index (χ1n) is 7.70. The van der Waals surface area contributed by atoms with E-state index < -0.39 is 30.5 Å². The van der Waals surface area contributed by atoms with Gasteiger partial charge in [-0.05, 0) is 56.1 Å². The molecule has 9 nitrogen and oxygen atoms in total. The van der Waals surface area contributed by atoms with Gasteiger partial charge in [-0.2, -0.15) is 5.26 Å². The Morgan fingerprint density at radius 1 is 1.15 bits per heavy atom. The lowest BCUT2D eigenvalue weighted by molar-refractivity contribution is -0.151. The summed E-state index contributed by atoms with van der Waals surface area (Å²) >= 11 is 0. The van der Waals surface area contributed by atoms with Crippen LogP contribution < -0.4 is 0 Å². The molecular weight excluding hydrogens is 379 g/mol. The topological polar surface area (TPSA) is 114 Å². The van der Waals surface area contributed by atoms with E-state index >= 15 is 0 Å². The first-order valence-corrected chi connectivity index (χ1v) is 11.2. The van der Waals surface area contributed by atoms with Gasteiger partial charge in [-0.25, -0.2) is 18.8 Å². The van der Waals surface area contributed by atoms with Gasteiger partial charge in [-0.3, -0.25) is 8.77 Å². The van der Waals surface area contributed by atoms with Crippen LogP contribution in [0.15, 0.2) is 0 Å². The van der Waals surface area contributed by atoms with E-state index in [4.69, 9.17) is 10.4 Å². The Morgan fingerprint density at radius 2 is 1.38 bits per heavy atom. The maximum atomic E-state index is 12.1. The lowest BCUT2D eigenvalue weighted by atomic mass is 10.4. The fraction of sp³-hybridized carbons (Fsp3) is 0.867. The number of nitriles is 1. The van der Waals surface area contributed by atoms with Crippen LogP contribution in [0.25, 0.3) is 0 Å². The number of aliphatic hydroxyl groups is 1. The normalized spacial score (nSPS) is 11.3. The lowest BCUT2D eigenvalue weighted by Gasteiger charge is -2.34. The van der Waals surface area contributed by atoms with Crippen molar-refractivity contribution in [1.82, 2.24) is 14.0 Å². The number of hydrogen-bond acceptors (Lipinski definition) is 6. The Labute approximate surface area is 161 Å². The Bertz CT molecular complexity index is 433. The summed E-state index contributed by atoms with van der Waals surface area (Å²) in [6.45, 7) is 4.82. The number of carbonyl (C=O) groups is 1. The SMILES string of the molecule is CC#N.CCOC(=O)C(C)O.CN(C)P(=O)(N(C)C)N(C)C.CS(C)=O. The summed E-state index contributed by atoms with van der Waals surface area (Å²) in [6, 6.07) is 1.75. The number of hydrogen-bond donors (Lipinski definition) is 1. The molecule has 158 valence electrons. The second-order valence-corrected chi connectivity index (χ2v) is 10.4. The van der Waals surface area contributed by atoms with Crippen LogP contribution >= 0.6 is 7.59 Å². The molecule has 26 heavy (non-hydrogen) atoms. The molecule has 0 amide bonds. The third-order valence-corrected chi connectivity index (χ3v) is 5.32. The molecule has 0 aromatic carbocycles. The van der Waals surface area contributed by atoms with E-state index in [1.165, 1.54) is 13.8 Å². The van der Waals surface area contributed by atoms with Crippen LogP contribution in [-0.2, 0) is 24.9 Å². The highest BCUT2D eigenvalue weighted by atomic mass is 32.2. The first kappa shape index (κ1) is 32.8. The van der Waals surface area contributed by atoms with Gasteiger partial charge in [0.1, 0.15) is 6.10 Å². The van der Waals surface area contributed by atoms with Gasteiger partial charge in [0.05, 0.1) is 12.7 Å². The van der Waals surface area contributed by atoms with Crippen LogP contribution in [0.5, 0.6) is 0 Å². The van der Waals surface area contributed by atoms with Crippen molar-refractivity contribution in [3.63, 3.8) is 0 Å². The van der Waals surface area contributed by atoms with Crippen LogP contribution in [0.2, 0.25) is 0 Å². The third kappa shape index (κ3) is 19.5. The average Bonchev–Trinajstić information content (AvgIpc) is 2.46. The summed E-state index contributed by atoms with van der Waals surface area (Å²) in [5, 5.41) is 15.8. The number of aliphatic hydroxyl groups excluding tert-OH is 1. The predicted octanol–water partition coefficient (Wildman–Crippen LogP) is 1.23. The van der Waals surface area contributed by atoms with Crippen molar-refractivity contribution in [3.05, 3.63) is 0 Å². The summed E-state index contributed by atoms with van der Waals surface area (Å²) in [5.41, 5.74) is 0. The molecule has 0 aromatic rings. The van der Waals surface area contributed by atoms with Crippen LogP contribution in [0, 0.1) is 11.3 Å². The monoisotopic (exact) mass is 416 g/mol. The van der Waals surface area contributed by atoms with Gasteiger partial charge in [0.15, 0.2) is 0 Å². The van der Waals surface area contributed by atoms with E-state index in [2.05, 4.69) is 4.74 Å². The highest BCUT2D eigenvalue weighted by molar-refractivity contribution is 7.83. The number of nitrogens with zero attached hydrogens (tertiary/aromatic N) is 4. The zero-order chi connectivity index (χ0) is 22.1. The molecule has 0 saturated heterocycles. The molecule has 0 saturated carbocycles. The molecule has 0 spiro atoms. The van der Waals surface area contributed by atoms with E-state index in [1.54, 1.807) is 39.5 Å². The van der Waals surface area contributed by atoms with Crippen LogP contribution in [0.3, 0.4) is 0 Å². The summed E-state index contributed by atoms with van der Waals surface area (Å²) in [4.78, 5) is 10.3. The third-order valence-electron chi connectivity index (χ3n) is 2.19. The predicted molar refractivity (Wildman–Crippen MR) is 108 cm³/mol. The maximum Gasteiger partial charge on any atom is 0.334 e. The second-order valence-electron chi connectivity index (χ2n) is 5.45. The van der Waals surface area contributed by atoms with Crippen LogP contribution in [0.1, 0.15) is 20.8 Å². The van der Waals surface area contributed by atoms with Gasteiger partial charge in [-0.15, -0.1) is 0 Å². The summed E-state index contributed by atoms with van der Waals surface area (Å²) in [7, 11) is 7.87. The van der Waals surface area contributed by atoms with E-state index in [9.17, 15) is 13.6 Å².